The summed E-state index contributed by atoms with van der Waals surface area (Å²) in [7, 11) is 0. The van der Waals surface area contributed by atoms with Gasteiger partial charge in [0.1, 0.15) is 0 Å². The first-order valence-corrected chi connectivity index (χ1v) is 11.1. The molecule has 0 atom stereocenters. The fourth-order valence-corrected chi connectivity index (χ4v) is 3.31. The van der Waals surface area contributed by atoms with Gasteiger partial charge in [0.15, 0.2) is 0 Å². The Morgan fingerprint density at radius 3 is 1.42 bits per heavy atom. The van der Waals surface area contributed by atoms with Crippen molar-refractivity contribution in [1.29, 1.82) is 0 Å². The van der Waals surface area contributed by atoms with Crippen LogP contribution in [0.15, 0.2) is 30.3 Å². The number of aliphatic hydroxyl groups is 1. The van der Waals surface area contributed by atoms with Gasteiger partial charge in [-0.25, -0.2) is 0 Å². The van der Waals surface area contributed by atoms with E-state index in [1.807, 2.05) is 18.2 Å². The van der Waals surface area contributed by atoms with E-state index >= 15 is 0 Å². The highest BCUT2D eigenvalue weighted by molar-refractivity contribution is 5.33. The van der Waals surface area contributed by atoms with Crippen LogP contribution in [0.1, 0.15) is 108 Å². The van der Waals surface area contributed by atoms with Crippen LogP contribution in [0, 0.1) is 11.8 Å². The molecule has 1 aromatic rings. The van der Waals surface area contributed by atoms with Gasteiger partial charge in [-0.3, -0.25) is 0 Å². The van der Waals surface area contributed by atoms with E-state index in [1.54, 1.807) is 0 Å². The second-order valence-electron chi connectivity index (χ2n) is 7.44. The molecule has 0 radical (unpaired) electrons. The number of rotatable bonds is 16. The lowest BCUT2D eigenvalue weighted by Gasteiger charge is -2.03. The predicted molar refractivity (Wildman–Crippen MR) is 114 cm³/mol. The first-order valence-electron chi connectivity index (χ1n) is 11.1. The Hall–Kier alpha value is -1.26. The smallest absolute Gasteiger partial charge is 0.0431 e. The molecular weight excluding hydrogens is 316 g/mol. The molecule has 0 aliphatic rings. The van der Waals surface area contributed by atoms with Crippen molar-refractivity contribution in [2.75, 3.05) is 6.61 Å². The third-order valence-corrected chi connectivity index (χ3v) is 4.97. The molecule has 1 rings (SSSR count). The van der Waals surface area contributed by atoms with Gasteiger partial charge in [0.2, 0.25) is 0 Å². The SMILES string of the molecule is OCCCCCCCCCCCCCCCCCC#Cc1ccccc1. The highest BCUT2D eigenvalue weighted by atomic mass is 16.2. The maximum absolute atomic E-state index is 8.73. The molecule has 0 saturated heterocycles. The second kappa shape index (κ2) is 18.5. The van der Waals surface area contributed by atoms with E-state index in [9.17, 15) is 0 Å². The average Bonchev–Trinajstić information content (AvgIpc) is 2.68. The average molecular weight is 357 g/mol. The third-order valence-electron chi connectivity index (χ3n) is 4.97. The Bertz CT molecular complexity index is 454. The first-order chi connectivity index (χ1) is 12.9. The zero-order valence-electron chi connectivity index (χ0n) is 16.9. The van der Waals surface area contributed by atoms with Gasteiger partial charge in [0.05, 0.1) is 0 Å². The van der Waals surface area contributed by atoms with Gasteiger partial charge in [-0.15, -0.1) is 0 Å². The molecule has 26 heavy (non-hydrogen) atoms. The Balaban J connectivity index is 1.74. The van der Waals surface area contributed by atoms with Gasteiger partial charge in [-0.05, 0) is 25.0 Å². The quantitative estimate of drug-likeness (QED) is 0.244. The van der Waals surface area contributed by atoms with E-state index in [2.05, 4.69) is 24.0 Å². The number of aliphatic hydroxyl groups excluding tert-OH is 1. The summed E-state index contributed by atoms with van der Waals surface area (Å²) in [6.45, 7) is 0.363. The van der Waals surface area contributed by atoms with E-state index in [4.69, 9.17) is 5.11 Å². The predicted octanol–water partition coefficient (Wildman–Crippen LogP) is 7.27. The largest absolute Gasteiger partial charge is 0.396 e. The van der Waals surface area contributed by atoms with E-state index < -0.39 is 0 Å². The third kappa shape index (κ3) is 15.0. The Morgan fingerprint density at radius 2 is 0.962 bits per heavy atom. The van der Waals surface area contributed by atoms with Crippen LogP contribution in [0.4, 0.5) is 0 Å². The van der Waals surface area contributed by atoms with Crippen molar-refractivity contribution in [2.24, 2.45) is 0 Å². The molecule has 146 valence electrons. The van der Waals surface area contributed by atoms with Crippen molar-refractivity contribution < 1.29 is 5.11 Å². The fourth-order valence-electron chi connectivity index (χ4n) is 3.31. The fraction of sp³-hybridized carbons (Fsp3) is 0.680. The molecule has 0 saturated carbocycles. The monoisotopic (exact) mass is 356 g/mol. The Labute approximate surface area is 162 Å². The van der Waals surface area contributed by atoms with Crippen LogP contribution >= 0.6 is 0 Å². The van der Waals surface area contributed by atoms with Crippen molar-refractivity contribution in [3.05, 3.63) is 35.9 Å². The molecule has 0 heterocycles. The number of benzene rings is 1. The maximum Gasteiger partial charge on any atom is 0.0431 e. The lowest BCUT2D eigenvalue weighted by molar-refractivity contribution is 0.282. The maximum atomic E-state index is 8.73. The molecular formula is C25H40O. The summed E-state index contributed by atoms with van der Waals surface area (Å²) in [5.41, 5.74) is 1.13. The second-order valence-corrected chi connectivity index (χ2v) is 7.44. The first kappa shape index (κ1) is 22.8. The van der Waals surface area contributed by atoms with Crippen molar-refractivity contribution in [3.63, 3.8) is 0 Å². The highest BCUT2D eigenvalue weighted by Gasteiger charge is 1.94. The number of hydrogen-bond acceptors (Lipinski definition) is 1. The van der Waals surface area contributed by atoms with Crippen LogP contribution in [0.2, 0.25) is 0 Å². The van der Waals surface area contributed by atoms with Crippen molar-refractivity contribution in [3.8, 4) is 11.8 Å². The number of hydrogen-bond donors (Lipinski definition) is 1. The Kier molecular flexibility index (Phi) is 16.2. The molecule has 1 aromatic carbocycles. The van der Waals surface area contributed by atoms with Crippen molar-refractivity contribution in [1.82, 2.24) is 0 Å². The molecule has 1 N–H and O–H groups in total. The standard InChI is InChI=1S/C25H40O/c26-24-20-15-13-11-9-7-5-3-1-2-4-6-8-10-12-14-17-21-25-22-18-16-19-23-25/h16,18-19,22-23,26H,1-15,20,24H2. The molecule has 1 nitrogen and oxygen atoms in total. The molecule has 0 fully saturated rings. The minimum absolute atomic E-state index is 0.363. The van der Waals surface area contributed by atoms with Gasteiger partial charge < -0.3 is 5.11 Å². The zero-order chi connectivity index (χ0) is 18.5. The van der Waals surface area contributed by atoms with Crippen LogP contribution in [-0.2, 0) is 0 Å². The molecule has 0 aromatic heterocycles. The highest BCUT2D eigenvalue weighted by Crippen LogP contribution is 2.13. The summed E-state index contributed by atoms with van der Waals surface area (Å²) in [5, 5.41) is 8.73. The van der Waals surface area contributed by atoms with Crippen LogP contribution < -0.4 is 0 Å². The van der Waals surface area contributed by atoms with Crippen molar-refractivity contribution >= 4 is 0 Å². The summed E-state index contributed by atoms with van der Waals surface area (Å²) in [5.74, 6) is 6.53. The van der Waals surface area contributed by atoms with Gasteiger partial charge >= 0.3 is 0 Å². The van der Waals surface area contributed by atoms with Crippen LogP contribution in [0.3, 0.4) is 0 Å². The lowest BCUT2D eigenvalue weighted by Crippen LogP contribution is -1.85. The lowest BCUT2D eigenvalue weighted by atomic mass is 10.0. The molecule has 0 unspecified atom stereocenters. The summed E-state index contributed by atoms with van der Waals surface area (Å²) in [6, 6.07) is 10.3. The van der Waals surface area contributed by atoms with Gasteiger partial charge in [0, 0.05) is 18.6 Å². The Morgan fingerprint density at radius 1 is 0.538 bits per heavy atom. The topological polar surface area (TPSA) is 20.2 Å². The summed E-state index contributed by atoms with van der Waals surface area (Å²) in [4.78, 5) is 0. The molecule has 0 aliphatic carbocycles. The van der Waals surface area contributed by atoms with E-state index in [1.165, 1.54) is 89.9 Å². The summed E-state index contributed by atoms with van der Waals surface area (Å²) in [6.07, 6.45) is 21.1. The molecule has 0 aliphatic heterocycles. The van der Waals surface area contributed by atoms with Crippen LogP contribution in [-0.4, -0.2) is 11.7 Å². The van der Waals surface area contributed by atoms with E-state index in [0.29, 0.717) is 6.61 Å². The van der Waals surface area contributed by atoms with E-state index in [-0.39, 0.29) is 0 Å². The minimum atomic E-state index is 0.363. The van der Waals surface area contributed by atoms with Crippen molar-refractivity contribution in [2.45, 2.75) is 103 Å². The molecule has 1 heteroatoms. The van der Waals surface area contributed by atoms with Gasteiger partial charge in [0.25, 0.3) is 0 Å². The minimum Gasteiger partial charge on any atom is -0.396 e. The molecule has 0 bridgehead atoms. The van der Waals surface area contributed by atoms with Gasteiger partial charge in [-0.2, -0.15) is 0 Å². The van der Waals surface area contributed by atoms with E-state index in [0.717, 1.165) is 18.4 Å². The summed E-state index contributed by atoms with van der Waals surface area (Å²) < 4.78 is 0. The van der Waals surface area contributed by atoms with Crippen LogP contribution in [0.25, 0.3) is 0 Å². The molecule has 0 spiro atoms. The summed E-state index contributed by atoms with van der Waals surface area (Å²) >= 11 is 0. The molecule has 0 amide bonds. The van der Waals surface area contributed by atoms with Gasteiger partial charge in [-0.1, -0.05) is 114 Å². The van der Waals surface area contributed by atoms with Crippen LogP contribution in [0.5, 0.6) is 0 Å². The normalized spacial score (nSPS) is 10.5. The zero-order valence-corrected chi connectivity index (χ0v) is 16.9. The number of unbranched alkanes of at least 4 members (excludes halogenated alkanes) is 15.